The van der Waals surface area contributed by atoms with Gasteiger partial charge in [-0.3, -0.25) is 4.79 Å². The molecule has 0 saturated heterocycles. The summed E-state index contributed by atoms with van der Waals surface area (Å²) in [6.07, 6.45) is 1.73. The minimum atomic E-state index is -2.02. The summed E-state index contributed by atoms with van der Waals surface area (Å²) in [7, 11) is -2.02. The van der Waals surface area contributed by atoms with E-state index < -0.39 is 13.5 Å². The zero-order valence-corrected chi connectivity index (χ0v) is 22.5. The Morgan fingerprint density at radius 2 is 1.53 bits per heavy atom. The number of fused-ring (bicyclic) bond motifs is 2. The van der Waals surface area contributed by atoms with E-state index in [9.17, 15) is 9.59 Å². The number of nitrogens with zero attached hydrogens (tertiary/aromatic N) is 1. The first-order valence-corrected chi connectivity index (χ1v) is 15.2. The Hall–Kier alpha value is -1.10. The van der Waals surface area contributed by atoms with E-state index in [-0.39, 0.29) is 29.5 Å². The van der Waals surface area contributed by atoms with E-state index in [0.717, 1.165) is 23.8 Å². The predicted molar refractivity (Wildman–Crippen MR) is 127 cm³/mol. The van der Waals surface area contributed by atoms with Crippen molar-refractivity contribution >= 4 is 20.0 Å². The average molecular weight is 436 g/mol. The standard InChI is InChI=1S/C25H45NO3Si/c1-15(2)26(16(3)4)23(28)29-22(30(10,11)12)20-18(21(27)24(5,6)7)13-17-14-19(20)25(17,8)9/h15-19H,13-14H2,1-12H3/b22-20+/t17-,18-,19-/m0/s1. The first-order valence-electron chi connectivity index (χ1n) is 11.7. The summed E-state index contributed by atoms with van der Waals surface area (Å²) in [5.74, 6) is 1.07. The smallest absolute Gasteiger partial charge is 0.414 e. The minimum Gasteiger partial charge on any atom is -0.420 e. The molecule has 0 aromatic carbocycles. The van der Waals surface area contributed by atoms with Crippen molar-refractivity contribution in [3.8, 4) is 0 Å². The average Bonchev–Trinajstić information content (AvgIpc) is 2.55. The maximum atomic E-state index is 13.5. The fourth-order valence-electron chi connectivity index (χ4n) is 5.49. The van der Waals surface area contributed by atoms with Crippen molar-refractivity contribution in [3.63, 3.8) is 0 Å². The highest BCUT2D eigenvalue weighted by Crippen LogP contribution is 2.64. The van der Waals surface area contributed by atoms with E-state index in [1.54, 1.807) is 4.90 Å². The Bertz CT molecular complexity index is 714. The van der Waals surface area contributed by atoms with Crippen LogP contribution in [0.15, 0.2) is 11.0 Å². The summed E-state index contributed by atoms with van der Waals surface area (Å²) in [4.78, 5) is 28.6. The monoisotopic (exact) mass is 435 g/mol. The van der Waals surface area contributed by atoms with Crippen LogP contribution in [0.4, 0.5) is 4.79 Å². The molecule has 5 heteroatoms. The van der Waals surface area contributed by atoms with Crippen LogP contribution in [0.5, 0.6) is 0 Å². The third kappa shape index (κ3) is 4.56. The molecule has 0 radical (unpaired) electrons. The first kappa shape index (κ1) is 25.2. The number of allylic oxidation sites excluding steroid dienone is 1. The van der Waals surface area contributed by atoms with Gasteiger partial charge in [-0.25, -0.2) is 4.79 Å². The largest absolute Gasteiger partial charge is 0.420 e. The molecule has 4 nitrogen and oxygen atoms in total. The lowest BCUT2D eigenvalue weighted by molar-refractivity contribution is -0.136. The van der Waals surface area contributed by atoms with Crippen LogP contribution in [0.1, 0.15) is 75.2 Å². The van der Waals surface area contributed by atoms with Gasteiger partial charge in [0.25, 0.3) is 0 Å². The van der Waals surface area contributed by atoms with Gasteiger partial charge >= 0.3 is 6.09 Å². The molecule has 3 aliphatic rings. The maximum absolute atomic E-state index is 13.5. The van der Waals surface area contributed by atoms with Gasteiger partial charge in [-0.15, -0.1) is 0 Å². The summed E-state index contributed by atoms with van der Waals surface area (Å²) in [6, 6.07) is 0.126. The lowest BCUT2D eigenvalue weighted by atomic mass is 9.44. The summed E-state index contributed by atoms with van der Waals surface area (Å²) in [5.41, 5.74) is 0.916. The SMILES string of the molecule is CC(C)N(C(=O)O/C(=C1/[C@@H](C(=O)C(C)(C)C)C[C@H]2C[C@@H]1C2(C)C)[Si](C)(C)C)C(C)C. The second-order valence-electron chi connectivity index (χ2n) is 12.7. The number of hydrogen-bond donors (Lipinski definition) is 0. The van der Waals surface area contributed by atoms with Gasteiger partial charge in [0.05, 0.1) is 5.38 Å². The molecule has 172 valence electrons. The molecule has 0 aromatic heterocycles. The Morgan fingerprint density at radius 3 is 1.90 bits per heavy atom. The lowest BCUT2D eigenvalue weighted by Crippen LogP contribution is -2.56. The summed E-state index contributed by atoms with van der Waals surface area (Å²) >= 11 is 0. The molecule has 0 spiro atoms. The van der Waals surface area contributed by atoms with Gasteiger partial charge in [0, 0.05) is 23.4 Å². The van der Waals surface area contributed by atoms with Crippen LogP contribution >= 0.6 is 0 Å². The van der Waals surface area contributed by atoms with E-state index in [4.69, 9.17) is 4.74 Å². The quantitative estimate of drug-likeness (QED) is 0.358. The van der Waals surface area contributed by atoms with Crippen molar-refractivity contribution < 1.29 is 14.3 Å². The number of hydrogen-bond acceptors (Lipinski definition) is 3. The van der Waals surface area contributed by atoms with E-state index in [2.05, 4.69) is 33.5 Å². The van der Waals surface area contributed by atoms with Crippen molar-refractivity contribution in [2.45, 2.75) is 107 Å². The van der Waals surface area contributed by atoms with Crippen LogP contribution in [0.25, 0.3) is 0 Å². The highest BCUT2D eigenvalue weighted by Gasteiger charge is 2.59. The van der Waals surface area contributed by atoms with Crippen molar-refractivity contribution in [2.24, 2.45) is 28.6 Å². The highest BCUT2D eigenvalue weighted by molar-refractivity contribution is 6.82. The van der Waals surface area contributed by atoms with E-state index in [1.165, 1.54) is 0 Å². The lowest BCUT2D eigenvalue weighted by Gasteiger charge is -2.61. The van der Waals surface area contributed by atoms with Crippen molar-refractivity contribution in [3.05, 3.63) is 11.0 Å². The second-order valence-corrected chi connectivity index (χ2v) is 17.7. The minimum absolute atomic E-state index is 0.0632. The van der Waals surface area contributed by atoms with Crippen LogP contribution < -0.4 is 0 Å². The number of carbonyl (C=O) groups is 2. The number of ketones is 1. The van der Waals surface area contributed by atoms with Gasteiger partial charge in [0.1, 0.15) is 13.9 Å². The summed E-state index contributed by atoms with van der Waals surface area (Å²) < 4.78 is 6.30. The Balaban J connectivity index is 2.61. The molecule has 3 saturated carbocycles. The number of Topliss-reactive ketones (excluding diaryl/α,β-unsaturated/α-hetero) is 1. The molecule has 2 bridgehead atoms. The topological polar surface area (TPSA) is 46.6 Å². The van der Waals surface area contributed by atoms with Crippen LogP contribution in [0.2, 0.25) is 19.6 Å². The first-order chi connectivity index (χ1) is 13.4. The van der Waals surface area contributed by atoms with Gasteiger partial charge in [0.15, 0.2) is 0 Å². The third-order valence-corrected chi connectivity index (χ3v) is 9.01. The maximum Gasteiger partial charge on any atom is 0.414 e. The molecule has 0 unspecified atom stereocenters. The van der Waals surface area contributed by atoms with Crippen LogP contribution in [0.3, 0.4) is 0 Å². The molecule has 30 heavy (non-hydrogen) atoms. The van der Waals surface area contributed by atoms with Crippen molar-refractivity contribution in [2.75, 3.05) is 0 Å². The van der Waals surface area contributed by atoms with Crippen molar-refractivity contribution in [1.29, 1.82) is 0 Å². The third-order valence-electron chi connectivity index (χ3n) is 7.25. The molecular weight excluding hydrogens is 390 g/mol. The number of ether oxygens (including phenoxy) is 1. The fraction of sp³-hybridized carbons (Fsp3) is 0.840. The molecule has 3 rings (SSSR count). The summed E-state index contributed by atoms with van der Waals surface area (Å²) in [5, 5.41) is 0.859. The molecule has 3 aliphatic carbocycles. The Labute approximate surface area is 185 Å². The van der Waals surface area contributed by atoms with Gasteiger partial charge in [-0.2, -0.15) is 0 Å². The van der Waals surface area contributed by atoms with Gasteiger partial charge in [0.2, 0.25) is 0 Å². The van der Waals surface area contributed by atoms with Crippen LogP contribution in [-0.2, 0) is 9.53 Å². The number of rotatable bonds is 5. The number of amides is 1. The van der Waals surface area contributed by atoms with E-state index in [0.29, 0.717) is 17.6 Å². The predicted octanol–water partition coefficient (Wildman–Crippen LogP) is 6.67. The second kappa shape index (κ2) is 8.11. The molecule has 3 fully saturated rings. The fourth-order valence-corrected chi connectivity index (χ4v) is 7.10. The molecule has 0 aliphatic heterocycles. The zero-order chi connectivity index (χ0) is 23.4. The molecule has 0 heterocycles. The van der Waals surface area contributed by atoms with E-state index in [1.807, 2.05) is 48.5 Å². The number of carbonyl (C=O) groups excluding carboxylic acids is 2. The highest BCUT2D eigenvalue weighted by atomic mass is 28.3. The molecule has 0 aromatic rings. The summed E-state index contributed by atoms with van der Waals surface area (Å²) in [6.45, 7) is 25.5. The molecular formula is C25H45NO3Si. The van der Waals surface area contributed by atoms with Crippen molar-refractivity contribution in [1.82, 2.24) is 4.90 Å². The van der Waals surface area contributed by atoms with Crippen LogP contribution in [0, 0.1) is 28.6 Å². The molecule has 3 atom stereocenters. The Kier molecular flexibility index (Phi) is 6.80. The van der Waals surface area contributed by atoms with E-state index >= 15 is 0 Å². The molecule has 0 N–H and O–H groups in total. The van der Waals surface area contributed by atoms with Crippen LogP contribution in [-0.4, -0.2) is 36.9 Å². The van der Waals surface area contributed by atoms with Gasteiger partial charge in [-0.05, 0) is 63.4 Å². The normalized spacial score (nSPS) is 27.6. The zero-order valence-electron chi connectivity index (χ0n) is 21.5. The molecule has 1 amide bonds. The van der Waals surface area contributed by atoms with Gasteiger partial charge < -0.3 is 9.64 Å². The van der Waals surface area contributed by atoms with Gasteiger partial charge in [-0.1, -0.05) is 54.3 Å². The Morgan fingerprint density at radius 1 is 1.03 bits per heavy atom.